The second-order valence-corrected chi connectivity index (χ2v) is 14.1. The smallest absolute Gasteiger partial charge is 0.275 e. The third-order valence-corrected chi connectivity index (χ3v) is 9.07. The van der Waals surface area contributed by atoms with Gasteiger partial charge in [0, 0.05) is 21.2 Å². The molecule has 1 atom stereocenters. The highest BCUT2D eigenvalue weighted by Crippen LogP contribution is 2.48. The molecule has 0 unspecified atom stereocenters. The quantitative estimate of drug-likeness (QED) is 0.295. The monoisotopic (exact) mass is 634 g/mol. The molecule has 3 aliphatic rings. The Morgan fingerprint density at radius 2 is 1.70 bits per heavy atom. The van der Waals surface area contributed by atoms with Gasteiger partial charge >= 0.3 is 0 Å². The lowest BCUT2D eigenvalue weighted by molar-refractivity contribution is -0.132. The Balaban J connectivity index is 1.51. The maximum absolute atomic E-state index is 14.5. The predicted molar refractivity (Wildman–Crippen MR) is 177 cm³/mol. The molecule has 1 N–H and O–H groups in total. The molecule has 2 aromatic rings. The zero-order chi connectivity index (χ0) is 31.6. The summed E-state index contributed by atoms with van der Waals surface area (Å²) in [7, 11) is 0. The van der Waals surface area contributed by atoms with Gasteiger partial charge in [0.05, 0.1) is 12.6 Å². The maximum Gasteiger partial charge on any atom is 0.275 e. The SMILES string of the molecule is CC(C)=C1CCC2(CC1)N=C(c1cc(Cl)cc(Cl)c1)C(=O)N2[C@H](CCC(C)(C)C)c1ccc(C(=O)NCC2=NCN=N2)cc1. The molecule has 8 nitrogen and oxygen atoms in total. The Morgan fingerprint density at radius 3 is 2.27 bits per heavy atom. The number of hydrogen-bond donors (Lipinski definition) is 1. The largest absolute Gasteiger partial charge is 0.345 e. The number of carbonyl (C=O) groups excluding carboxylic acids is 2. The number of azo groups is 1. The van der Waals surface area contributed by atoms with Crippen LogP contribution in [0.15, 0.2) is 73.8 Å². The number of rotatable bonds is 8. The first kappa shape index (κ1) is 32.0. The van der Waals surface area contributed by atoms with Gasteiger partial charge in [0.15, 0.2) is 12.5 Å². The van der Waals surface area contributed by atoms with Crippen molar-refractivity contribution >= 4 is 46.6 Å². The van der Waals surface area contributed by atoms with Crippen LogP contribution in [0.25, 0.3) is 0 Å². The summed E-state index contributed by atoms with van der Waals surface area (Å²) < 4.78 is 0. The van der Waals surface area contributed by atoms with Crippen LogP contribution in [0.2, 0.25) is 10.0 Å². The van der Waals surface area contributed by atoms with E-state index in [2.05, 4.69) is 55.2 Å². The molecule has 2 heterocycles. The van der Waals surface area contributed by atoms with Crippen molar-refractivity contribution in [3.05, 3.63) is 80.3 Å². The highest BCUT2D eigenvalue weighted by atomic mass is 35.5. The summed E-state index contributed by atoms with van der Waals surface area (Å²) in [6, 6.07) is 12.5. The van der Waals surface area contributed by atoms with E-state index in [4.69, 9.17) is 28.2 Å². The van der Waals surface area contributed by atoms with Gasteiger partial charge in [-0.1, -0.05) is 67.3 Å². The molecule has 232 valence electrons. The highest BCUT2D eigenvalue weighted by Gasteiger charge is 2.51. The van der Waals surface area contributed by atoms with Gasteiger partial charge in [0.25, 0.3) is 11.8 Å². The third kappa shape index (κ3) is 7.13. The van der Waals surface area contributed by atoms with E-state index in [-0.39, 0.29) is 29.8 Å². The van der Waals surface area contributed by atoms with Crippen molar-refractivity contribution in [1.82, 2.24) is 10.2 Å². The number of aliphatic imine (C=N–C) groups is 2. The zero-order valence-electron chi connectivity index (χ0n) is 26.1. The first-order valence-corrected chi connectivity index (χ1v) is 15.9. The van der Waals surface area contributed by atoms with Gasteiger partial charge in [-0.15, -0.1) is 5.11 Å². The highest BCUT2D eigenvalue weighted by molar-refractivity contribution is 6.47. The van der Waals surface area contributed by atoms with Crippen LogP contribution < -0.4 is 5.32 Å². The van der Waals surface area contributed by atoms with Gasteiger partial charge < -0.3 is 10.2 Å². The number of carbonyl (C=O) groups is 2. The predicted octanol–water partition coefficient (Wildman–Crippen LogP) is 8.35. The van der Waals surface area contributed by atoms with Crippen LogP contribution in [-0.2, 0) is 4.79 Å². The molecule has 2 aliphatic heterocycles. The van der Waals surface area contributed by atoms with Gasteiger partial charge in [0.2, 0.25) is 0 Å². The lowest BCUT2D eigenvalue weighted by Gasteiger charge is -2.45. The van der Waals surface area contributed by atoms with Gasteiger partial charge in [0.1, 0.15) is 11.4 Å². The minimum absolute atomic E-state index is 0.0558. The summed E-state index contributed by atoms with van der Waals surface area (Å²) in [6.07, 6.45) is 4.90. The van der Waals surface area contributed by atoms with Crippen molar-refractivity contribution in [2.75, 3.05) is 13.2 Å². The Hall–Kier alpha value is -3.36. The Morgan fingerprint density at radius 1 is 1.05 bits per heavy atom. The van der Waals surface area contributed by atoms with Crippen LogP contribution in [0.1, 0.15) is 101 Å². The van der Waals surface area contributed by atoms with E-state index in [1.807, 2.05) is 29.2 Å². The second kappa shape index (κ2) is 12.9. The molecule has 0 saturated heterocycles. The van der Waals surface area contributed by atoms with E-state index in [9.17, 15) is 9.59 Å². The Bertz CT molecular complexity index is 1530. The van der Waals surface area contributed by atoms with E-state index < -0.39 is 5.66 Å². The number of benzene rings is 2. The van der Waals surface area contributed by atoms with Crippen molar-refractivity contribution < 1.29 is 9.59 Å². The van der Waals surface area contributed by atoms with Crippen molar-refractivity contribution in [3.63, 3.8) is 0 Å². The second-order valence-electron chi connectivity index (χ2n) is 13.3. The summed E-state index contributed by atoms with van der Waals surface area (Å²) in [5, 5.41) is 11.5. The van der Waals surface area contributed by atoms with Crippen molar-refractivity contribution in [1.29, 1.82) is 0 Å². The standard InChI is InChI=1S/C34H40Cl2N6O2/c1-21(2)22-10-14-34(15-11-22)40-30(25-16-26(35)18-27(36)17-25)32(44)42(34)28(12-13-33(3,4)5)23-6-8-24(9-7-23)31(43)37-19-29-38-20-39-41-29/h6-9,16-18,28H,10-15,19-20H2,1-5H3,(H,37,43)/t28-/m1/s1. The lowest BCUT2D eigenvalue weighted by atomic mass is 9.81. The summed E-state index contributed by atoms with van der Waals surface area (Å²) in [5.41, 5.74) is 4.68. The maximum atomic E-state index is 14.5. The van der Waals surface area contributed by atoms with Gasteiger partial charge in [-0.05, 0) is 93.7 Å². The van der Waals surface area contributed by atoms with Crippen LogP contribution in [0, 0.1) is 5.41 Å². The van der Waals surface area contributed by atoms with Crippen LogP contribution in [0.3, 0.4) is 0 Å². The molecule has 0 aromatic heterocycles. The lowest BCUT2D eigenvalue weighted by Crippen LogP contribution is -2.50. The van der Waals surface area contributed by atoms with Gasteiger partial charge in [-0.25, -0.2) is 4.99 Å². The molecule has 1 fully saturated rings. The minimum Gasteiger partial charge on any atom is -0.345 e. The van der Waals surface area contributed by atoms with Crippen LogP contribution in [0.4, 0.5) is 0 Å². The number of hydrogen-bond acceptors (Lipinski definition) is 6. The van der Waals surface area contributed by atoms with E-state index >= 15 is 0 Å². The summed E-state index contributed by atoms with van der Waals surface area (Å²) in [6.45, 7) is 11.5. The molecule has 2 amide bonds. The van der Waals surface area contributed by atoms with Crippen LogP contribution >= 0.6 is 23.2 Å². The fraction of sp³-hybridized carbons (Fsp3) is 0.471. The van der Waals surface area contributed by atoms with Gasteiger partial charge in [-0.2, -0.15) is 5.11 Å². The number of nitrogens with one attached hydrogen (secondary N) is 1. The Labute approximate surface area is 269 Å². The Kier molecular flexibility index (Phi) is 9.42. The average molecular weight is 636 g/mol. The molecule has 1 spiro atoms. The first-order chi connectivity index (χ1) is 20.8. The fourth-order valence-electron chi connectivity index (χ4n) is 6.21. The topological polar surface area (TPSA) is 98.8 Å². The van der Waals surface area contributed by atoms with Crippen molar-refractivity contribution in [2.45, 2.75) is 84.8 Å². The summed E-state index contributed by atoms with van der Waals surface area (Å²) in [5.74, 6) is 0.179. The average Bonchev–Trinajstić information content (AvgIpc) is 3.58. The number of halogens is 2. The molecule has 0 radical (unpaired) electrons. The molecule has 5 rings (SSSR count). The van der Waals surface area contributed by atoms with E-state index in [0.717, 1.165) is 44.1 Å². The van der Waals surface area contributed by atoms with E-state index in [1.165, 1.54) is 11.1 Å². The molecule has 0 bridgehead atoms. The van der Waals surface area contributed by atoms with Gasteiger partial charge in [-0.3, -0.25) is 14.6 Å². The molecular formula is C34H40Cl2N6O2. The number of amidine groups is 1. The third-order valence-electron chi connectivity index (χ3n) is 8.63. The zero-order valence-corrected chi connectivity index (χ0v) is 27.6. The van der Waals surface area contributed by atoms with E-state index in [1.54, 1.807) is 18.2 Å². The number of amides is 2. The summed E-state index contributed by atoms with van der Waals surface area (Å²) in [4.78, 5) is 38.8. The van der Waals surface area contributed by atoms with Crippen LogP contribution in [0.5, 0.6) is 0 Å². The van der Waals surface area contributed by atoms with Crippen LogP contribution in [-0.4, -0.2) is 47.1 Å². The van der Waals surface area contributed by atoms with Crippen molar-refractivity contribution in [2.24, 2.45) is 25.6 Å². The molecular weight excluding hydrogens is 595 g/mol. The molecule has 44 heavy (non-hydrogen) atoms. The molecule has 1 saturated carbocycles. The molecule has 1 aliphatic carbocycles. The number of allylic oxidation sites excluding steroid dienone is 2. The fourth-order valence-corrected chi connectivity index (χ4v) is 6.74. The molecule has 2 aromatic carbocycles. The summed E-state index contributed by atoms with van der Waals surface area (Å²) >= 11 is 12.8. The molecule has 10 heteroatoms. The first-order valence-electron chi connectivity index (χ1n) is 15.2. The number of nitrogens with zero attached hydrogens (tertiary/aromatic N) is 5. The van der Waals surface area contributed by atoms with E-state index in [0.29, 0.717) is 39.4 Å². The minimum atomic E-state index is -0.685. The van der Waals surface area contributed by atoms with Crippen molar-refractivity contribution in [3.8, 4) is 0 Å². The normalized spacial score (nSPS) is 20.7.